The molecule has 4 rings (SSSR count). The number of amidine groups is 1. The van der Waals surface area contributed by atoms with Gasteiger partial charge in [-0.05, 0) is 48.4 Å². The lowest BCUT2D eigenvalue weighted by atomic mass is 10.1. The lowest BCUT2D eigenvalue weighted by Crippen LogP contribution is -2.20. The summed E-state index contributed by atoms with van der Waals surface area (Å²) < 4.78 is 40.0. The van der Waals surface area contributed by atoms with E-state index >= 15 is 0 Å². The van der Waals surface area contributed by atoms with Crippen LogP contribution in [0.1, 0.15) is 18.4 Å². The van der Waals surface area contributed by atoms with Gasteiger partial charge in [0.25, 0.3) is 10.0 Å². The topological polar surface area (TPSA) is 97.3 Å². The third kappa shape index (κ3) is 4.56. The predicted octanol–water partition coefficient (Wildman–Crippen LogP) is 2.45. The number of fused-ring (bicyclic) bond motifs is 1. The first kappa shape index (κ1) is 20.2. The number of amides is 1. The van der Waals surface area contributed by atoms with E-state index in [-0.39, 0.29) is 17.2 Å². The Morgan fingerprint density at radius 3 is 2.53 bits per heavy atom. The van der Waals surface area contributed by atoms with Crippen molar-refractivity contribution in [2.75, 3.05) is 32.1 Å². The number of carbonyl (C=O) groups excluding carboxylic acids is 1. The molecule has 2 heterocycles. The van der Waals surface area contributed by atoms with Gasteiger partial charge in [-0.1, -0.05) is 6.07 Å². The zero-order valence-corrected chi connectivity index (χ0v) is 17.4. The van der Waals surface area contributed by atoms with E-state index in [1.54, 1.807) is 24.3 Å². The highest BCUT2D eigenvalue weighted by Crippen LogP contribution is 2.31. The Morgan fingerprint density at radius 2 is 1.83 bits per heavy atom. The molecule has 1 amide bonds. The molecular weight excluding hydrogens is 406 g/mol. The number of rotatable bonds is 5. The van der Waals surface area contributed by atoms with Gasteiger partial charge < -0.3 is 19.7 Å². The fourth-order valence-electron chi connectivity index (χ4n) is 3.40. The largest absolute Gasteiger partial charge is 0.486 e. The standard InChI is InChI=1S/C21H23N3O5S/c1-24-10-2-3-20(24)23-30(26,27)17-7-5-16(6-8-17)22-21(25)14-15-4-9-18-19(13-15)29-12-11-28-18/h4-9,13H,2-3,10-12,14H2,1H3,(H,22,25). The molecule has 2 aromatic carbocycles. The normalized spacial score (nSPS) is 17.2. The molecule has 2 aliphatic heterocycles. The second-order valence-corrected chi connectivity index (χ2v) is 8.84. The van der Waals surface area contributed by atoms with Crippen molar-refractivity contribution in [2.24, 2.45) is 4.40 Å². The molecular formula is C21H23N3O5S. The van der Waals surface area contributed by atoms with Gasteiger partial charge in [-0.25, -0.2) is 0 Å². The maximum absolute atomic E-state index is 12.5. The SMILES string of the molecule is CN1CCCC1=NS(=O)(=O)c1ccc(NC(=O)Cc2ccc3c(c2)OCCO3)cc1. The molecule has 9 heteroatoms. The number of anilines is 1. The van der Waals surface area contributed by atoms with Crippen LogP contribution in [-0.4, -0.2) is 51.9 Å². The van der Waals surface area contributed by atoms with Crippen LogP contribution in [0.2, 0.25) is 0 Å². The van der Waals surface area contributed by atoms with Crippen LogP contribution in [0.4, 0.5) is 5.69 Å². The van der Waals surface area contributed by atoms with E-state index in [9.17, 15) is 13.2 Å². The molecule has 30 heavy (non-hydrogen) atoms. The summed E-state index contributed by atoms with van der Waals surface area (Å²) >= 11 is 0. The summed E-state index contributed by atoms with van der Waals surface area (Å²) in [5, 5.41) is 2.78. The molecule has 2 aliphatic rings. The van der Waals surface area contributed by atoms with Gasteiger partial charge in [0, 0.05) is 25.7 Å². The lowest BCUT2D eigenvalue weighted by molar-refractivity contribution is -0.115. The Balaban J connectivity index is 1.40. The van der Waals surface area contributed by atoms with Crippen LogP contribution < -0.4 is 14.8 Å². The zero-order chi connectivity index (χ0) is 21.1. The highest BCUT2D eigenvalue weighted by molar-refractivity contribution is 7.90. The molecule has 1 fully saturated rings. The molecule has 1 saturated heterocycles. The van der Waals surface area contributed by atoms with E-state index in [0.717, 1.165) is 18.5 Å². The first-order valence-electron chi connectivity index (χ1n) is 9.74. The molecule has 2 aromatic rings. The van der Waals surface area contributed by atoms with Crippen molar-refractivity contribution in [3.8, 4) is 11.5 Å². The van der Waals surface area contributed by atoms with Crippen LogP contribution in [-0.2, 0) is 21.2 Å². The minimum atomic E-state index is -3.77. The average Bonchev–Trinajstić information content (AvgIpc) is 3.12. The van der Waals surface area contributed by atoms with E-state index < -0.39 is 10.0 Å². The van der Waals surface area contributed by atoms with Crippen LogP contribution in [0.5, 0.6) is 11.5 Å². The quantitative estimate of drug-likeness (QED) is 0.784. The number of hydrogen-bond acceptors (Lipinski definition) is 5. The van der Waals surface area contributed by atoms with E-state index in [0.29, 0.717) is 42.7 Å². The van der Waals surface area contributed by atoms with Gasteiger partial charge in [0.05, 0.1) is 11.3 Å². The van der Waals surface area contributed by atoms with E-state index in [4.69, 9.17) is 9.47 Å². The molecule has 1 N–H and O–H groups in total. The van der Waals surface area contributed by atoms with Crippen LogP contribution in [0.3, 0.4) is 0 Å². The number of benzene rings is 2. The molecule has 0 atom stereocenters. The smallest absolute Gasteiger partial charge is 0.283 e. The van der Waals surface area contributed by atoms with E-state index in [2.05, 4.69) is 9.71 Å². The number of nitrogens with zero attached hydrogens (tertiary/aromatic N) is 2. The summed E-state index contributed by atoms with van der Waals surface area (Å²) in [5.74, 6) is 1.67. The summed E-state index contributed by atoms with van der Waals surface area (Å²) in [6, 6.07) is 11.4. The summed E-state index contributed by atoms with van der Waals surface area (Å²) in [6.45, 7) is 1.81. The zero-order valence-electron chi connectivity index (χ0n) is 16.6. The predicted molar refractivity (Wildman–Crippen MR) is 113 cm³/mol. The van der Waals surface area contributed by atoms with Crippen molar-refractivity contribution >= 4 is 27.5 Å². The maximum Gasteiger partial charge on any atom is 0.283 e. The van der Waals surface area contributed by atoms with Crippen LogP contribution in [0.25, 0.3) is 0 Å². The molecule has 0 bridgehead atoms. The molecule has 158 valence electrons. The second-order valence-electron chi connectivity index (χ2n) is 7.24. The number of carbonyl (C=O) groups is 1. The van der Waals surface area contributed by atoms with Crippen molar-refractivity contribution < 1.29 is 22.7 Å². The fraction of sp³-hybridized carbons (Fsp3) is 0.333. The monoisotopic (exact) mass is 429 g/mol. The van der Waals surface area contributed by atoms with Gasteiger partial charge in [0.1, 0.15) is 19.0 Å². The minimum Gasteiger partial charge on any atom is -0.486 e. The molecule has 0 spiro atoms. The van der Waals surface area contributed by atoms with Crippen LogP contribution in [0.15, 0.2) is 51.8 Å². The average molecular weight is 429 g/mol. The fourth-order valence-corrected chi connectivity index (χ4v) is 4.49. The lowest BCUT2D eigenvalue weighted by Gasteiger charge is -2.18. The Kier molecular flexibility index (Phi) is 5.63. The van der Waals surface area contributed by atoms with Crippen molar-refractivity contribution in [1.82, 2.24) is 4.90 Å². The number of nitrogens with one attached hydrogen (secondary N) is 1. The van der Waals surface area contributed by atoms with Crippen molar-refractivity contribution in [2.45, 2.75) is 24.2 Å². The van der Waals surface area contributed by atoms with Gasteiger partial charge in [-0.15, -0.1) is 4.40 Å². The highest BCUT2D eigenvalue weighted by Gasteiger charge is 2.20. The molecule has 0 radical (unpaired) electrons. The Morgan fingerprint density at radius 1 is 1.10 bits per heavy atom. The van der Waals surface area contributed by atoms with E-state index in [1.165, 1.54) is 12.1 Å². The molecule has 8 nitrogen and oxygen atoms in total. The summed E-state index contributed by atoms with van der Waals surface area (Å²) in [4.78, 5) is 14.3. The minimum absolute atomic E-state index is 0.0973. The summed E-state index contributed by atoms with van der Waals surface area (Å²) in [7, 11) is -1.94. The Bertz CT molecular complexity index is 1080. The first-order valence-corrected chi connectivity index (χ1v) is 11.2. The molecule has 0 unspecified atom stereocenters. The number of hydrogen-bond donors (Lipinski definition) is 1. The molecule has 0 aromatic heterocycles. The van der Waals surface area contributed by atoms with Gasteiger partial charge in [-0.2, -0.15) is 8.42 Å². The number of ether oxygens (including phenoxy) is 2. The summed E-state index contributed by atoms with van der Waals surface area (Å²) in [6.07, 6.45) is 1.72. The van der Waals surface area contributed by atoms with Gasteiger partial charge >= 0.3 is 0 Å². The number of likely N-dealkylation sites (tertiary alicyclic amines) is 1. The Hall–Kier alpha value is -3.07. The van der Waals surface area contributed by atoms with Gasteiger partial charge in [0.2, 0.25) is 5.91 Å². The summed E-state index contributed by atoms with van der Waals surface area (Å²) in [5.41, 5.74) is 1.31. The second kappa shape index (κ2) is 8.35. The van der Waals surface area contributed by atoms with Crippen molar-refractivity contribution in [3.63, 3.8) is 0 Å². The van der Waals surface area contributed by atoms with Crippen LogP contribution in [0, 0.1) is 0 Å². The van der Waals surface area contributed by atoms with Crippen LogP contribution >= 0.6 is 0 Å². The molecule has 0 aliphatic carbocycles. The van der Waals surface area contributed by atoms with Gasteiger partial charge in [0.15, 0.2) is 11.5 Å². The van der Waals surface area contributed by atoms with Crippen molar-refractivity contribution in [1.29, 1.82) is 0 Å². The Labute approximate surface area is 175 Å². The highest BCUT2D eigenvalue weighted by atomic mass is 32.2. The van der Waals surface area contributed by atoms with E-state index in [1.807, 2.05) is 18.0 Å². The first-order chi connectivity index (χ1) is 14.4. The van der Waals surface area contributed by atoms with Gasteiger partial charge in [-0.3, -0.25) is 4.79 Å². The number of sulfonamides is 1. The molecule has 0 saturated carbocycles. The third-order valence-electron chi connectivity index (χ3n) is 4.97. The third-order valence-corrected chi connectivity index (χ3v) is 6.29. The maximum atomic E-state index is 12.5. The van der Waals surface area contributed by atoms with Crippen molar-refractivity contribution in [3.05, 3.63) is 48.0 Å².